The lowest BCUT2D eigenvalue weighted by Gasteiger charge is -2.30. The molecule has 0 radical (unpaired) electrons. The summed E-state index contributed by atoms with van der Waals surface area (Å²) in [6, 6.07) is 8.90. The summed E-state index contributed by atoms with van der Waals surface area (Å²) >= 11 is 0. The first-order chi connectivity index (χ1) is 9.08. The molecule has 1 amide bonds. The van der Waals surface area contributed by atoms with Gasteiger partial charge in [0.25, 0.3) is 0 Å². The molecule has 1 heterocycles. The minimum Gasteiger partial charge on any atom is -0.332 e. The van der Waals surface area contributed by atoms with Gasteiger partial charge in [-0.25, -0.2) is 0 Å². The average Bonchev–Trinajstić information content (AvgIpc) is 3.15. The zero-order valence-electron chi connectivity index (χ0n) is 11.7. The van der Waals surface area contributed by atoms with Crippen molar-refractivity contribution in [1.82, 2.24) is 4.90 Å². The van der Waals surface area contributed by atoms with Gasteiger partial charge in [-0.3, -0.25) is 4.79 Å². The third-order valence-corrected chi connectivity index (χ3v) is 4.29. The minimum atomic E-state index is -0.0818. The Bertz CT molecular complexity index is 476. The fourth-order valence-corrected chi connectivity index (χ4v) is 3.18. The van der Waals surface area contributed by atoms with E-state index >= 15 is 0 Å². The molecular weight excluding hydrogens is 236 g/mol. The van der Waals surface area contributed by atoms with Gasteiger partial charge in [0.15, 0.2) is 0 Å². The van der Waals surface area contributed by atoms with Crippen LogP contribution in [0.15, 0.2) is 24.3 Å². The molecule has 3 nitrogen and oxygen atoms in total. The van der Waals surface area contributed by atoms with Crippen LogP contribution < -0.4 is 5.73 Å². The molecule has 1 aliphatic carbocycles. The highest BCUT2D eigenvalue weighted by molar-refractivity contribution is 5.80. The second kappa shape index (κ2) is 4.64. The van der Waals surface area contributed by atoms with E-state index in [-0.39, 0.29) is 24.0 Å². The van der Waals surface area contributed by atoms with Gasteiger partial charge >= 0.3 is 0 Å². The van der Waals surface area contributed by atoms with Gasteiger partial charge < -0.3 is 10.6 Å². The van der Waals surface area contributed by atoms with Crippen molar-refractivity contribution in [3.05, 3.63) is 35.4 Å². The maximum absolute atomic E-state index is 12.0. The van der Waals surface area contributed by atoms with Crippen molar-refractivity contribution in [3.8, 4) is 0 Å². The molecule has 19 heavy (non-hydrogen) atoms. The van der Waals surface area contributed by atoms with Gasteiger partial charge in [-0.15, -0.1) is 0 Å². The smallest absolute Gasteiger partial charge is 0.225 e. The van der Waals surface area contributed by atoms with E-state index in [1.165, 1.54) is 24.0 Å². The Morgan fingerprint density at radius 2 is 1.74 bits per heavy atom. The van der Waals surface area contributed by atoms with Crippen LogP contribution in [0.3, 0.4) is 0 Å². The number of rotatable bonds is 3. The Balaban J connectivity index is 1.87. The zero-order valence-corrected chi connectivity index (χ0v) is 11.7. The molecule has 2 atom stereocenters. The van der Waals surface area contributed by atoms with Gasteiger partial charge in [-0.1, -0.05) is 24.3 Å². The van der Waals surface area contributed by atoms with Gasteiger partial charge in [0.05, 0.1) is 6.04 Å². The summed E-state index contributed by atoms with van der Waals surface area (Å²) < 4.78 is 0. The van der Waals surface area contributed by atoms with Gasteiger partial charge in [0.2, 0.25) is 5.91 Å². The quantitative estimate of drug-likeness (QED) is 0.905. The molecule has 3 heteroatoms. The largest absolute Gasteiger partial charge is 0.332 e. The van der Waals surface area contributed by atoms with Crippen LogP contribution in [0.5, 0.6) is 0 Å². The molecule has 0 aromatic heterocycles. The predicted octanol–water partition coefficient (Wildman–Crippen LogP) is 2.57. The SMILES string of the molecule is CC(C)N1C(=O)CC(N)C1c1ccc(C2CC2)cc1. The van der Waals surface area contributed by atoms with E-state index in [9.17, 15) is 4.79 Å². The number of hydrogen-bond donors (Lipinski definition) is 1. The summed E-state index contributed by atoms with van der Waals surface area (Å²) in [5, 5.41) is 0. The number of nitrogens with two attached hydrogens (primary N) is 1. The highest BCUT2D eigenvalue weighted by atomic mass is 16.2. The second-order valence-corrected chi connectivity index (χ2v) is 6.15. The number of nitrogens with zero attached hydrogens (tertiary/aromatic N) is 1. The maximum atomic E-state index is 12.0. The lowest BCUT2D eigenvalue weighted by Crippen LogP contribution is -2.37. The summed E-state index contributed by atoms with van der Waals surface area (Å²) in [5.41, 5.74) is 8.78. The Kier molecular flexibility index (Phi) is 3.09. The van der Waals surface area contributed by atoms with Crippen molar-refractivity contribution in [2.24, 2.45) is 5.73 Å². The first-order valence-corrected chi connectivity index (χ1v) is 7.24. The van der Waals surface area contributed by atoms with Gasteiger partial charge in [0, 0.05) is 18.5 Å². The van der Waals surface area contributed by atoms with Gasteiger partial charge in [0.1, 0.15) is 0 Å². The number of carbonyl (C=O) groups excluding carboxylic acids is 1. The Morgan fingerprint density at radius 3 is 2.26 bits per heavy atom. The van der Waals surface area contributed by atoms with Crippen molar-refractivity contribution in [1.29, 1.82) is 0 Å². The number of benzene rings is 1. The van der Waals surface area contributed by atoms with E-state index in [1.54, 1.807) is 0 Å². The van der Waals surface area contributed by atoms with Crippen LogP contribution in [0.1, 0.15) is 56.2 Å². The Hall–Kier alpha value is -1.35. The van der Waals surface area contributed by atoms with Gasteiger partial charge in [-0.2, -0.15) is 0 Å². The molecular formula is C16H22N2O. The monoisotopic (exact) mass is 258 g/mol. The van der Waals surface area contributed by atoms with Crippen LogP contribution >= 0.6 is 0 Å². The molecule has 102 valence electrons. The minimum absolute atomic E-state index is 0.0424. The maximum Gasteiger partial charge on any atom is 0.225 e. The number of amides is 1. The van der Waals surface area contributed by atoms with Crippen molar-refractivity contribution in [2.45, 2.75) is 57.2 Å². The first-order valence-electron chi connectivity index (χ1n) is 7.24. The van der Waals surface area contributed by atoms with Crippen molar-refractivity contribution in [2.75, 3.05) is 0 Å². The highest BCUT2D eigenvalue weighted by Gasteiger charge is 2.39. The molecule has 1 aromatic carbocycles. The van der Waals surface area contributed by atoms with E-state index in [0.29, 0.717) is 6.42 Å². The first kappa shape index (κ1) is 12.7. The van der Waals surface area contributed by atoms with Crippen LogP contribution in [-0.2, 0) is 4.79 Å². The summed E-state index contributed by atoms with van der Waals surface area (Å²) in [6.07, 6.45) is 3.10. The molecule has 2 unspecified atom stereocenters. The molecule has 1 saturated heterocycles. The van der Waals surface area contributed by atoms with E-state index < -0.39 is 0 Å². The van der Waals surface area contributed by atoms with Crippen molar-refractivity contribution < 1.29 is 4.79 Å². The normalized spacial score (nSPS) is 27.4. The molecule has 1 saturated carbocycles. The van der Waals surface area contributed by atoms with E-state index in [4.69, 9.17) is 5.73 Å². The standard InChI is InChI=1S/C16H22N2O/c1-10(2)18-15(19)9-14(17)16(18)13-7-5-12(6-8-13)11-3-4-11/h5-8,10-11,14,16H,3-4,9,17H2,1-2H3. The van der Waals surface area contributed by atoms with E-state index in [1.807, 2.05) is 4.90 Å². The van der Waals surface area contributed by atoms with Crippen molar-refractivity contribution in [3.63, 3.8) is 0 Å². The highest BCUT2D eigenvalue weighted by Crippen LogP contribution is 2.41. The van der Waals surface area contributed by atoms with Crippen LogP contribution in [0.25, 0.3) is 0 Å². The van der Waals surface area contributed by atoms with Crippen LogP contribution in [-0.4, -0.2) is 22.9 Å². The second-order valence-electron chi connectivity index (χ2n) is 6.15. The Labute approximate surface area is 114 Å². The number of carbonyl (C=O) groups is 1. The number of likely N-dealkylation sites (tertiary alicyclic amines) is 1. The van der Waals surface area contributed by atoms with Crippen LogP contribution in [0, 0.1) is 0 Å². The van der Waals surface area contributed by atoms with Gasteiger partial charge in [-0.05, 0) is 43.7 Å². The fourth-order valence-electron chi connectivity index (χ4n) is 3.18. The van der Waals surface area contributed by atoms with E-state index in [0.717, 1.165) is 5.92 Å². The lowest BCUT2D eigenvalue weighted by molar-refractivity contribution is -0.130. The molecule has 2 N–H and O–H groups in total. The molecule has 2 fully saturated rings. The molecule has 0 bridgehead atoms. The summed E-state index contributed by atoms with van der Waals surface area (Å²) in [6.45, 7) is 4.11. The number of hydrogen-bond acceptors (Lipinski definition) is 2. The zero-order chi connectivity index (χ0) is 13.6. The lowest BCUT2D eigenvalue weighted by atomic mass is 9.98. The third kappa shape index (κ3) is 2.27. The van der Waals surface area contributed by atoms with E-state index in [2.05, 4.69) is 38.1 Å². The summed E-state index contributed by atoms with van der Waals surface area (Å²) in [5.74, 6) is 0.952. The van der Waals surface area contributed by atoms with Crippen LogP contribution in [0.2, 0.25) is 0 Å². The summed E-state index contributed by atoms with van der Waals surface area (Å²) in [7, 11) is 0. The average molecular weight is 258 g/mol. The van der Waals surface area contributed by atoms with Crippen molar-refractivity contribution >= 4 is 5.91 Å². The molecule has 0 spiro atoms. The predicted molar refractivity (Wildman–Crippen MR) is 75.7 cm³/mol. The molecule has 3 rings (SSSR count). The third-order valence-electron chi connectivity index (χ3n) is 4.29. The summed E-state index contributed by atoms with van der Waals surface area (Å²) in [4.78, 5) is 14.0. The molecule has 1 aliphatic heterocycles. The van der Waals surface area contributed by atoms with Crippen LogP contribution in [0.4, 0.5) is 0 Å². The topological polar surface area (TPSA) is 46.3 Å². The fraction of sp³-hybridized carbons (Fsp3) is 0.562. The molecule has 2 aliphatic rings. The Morgan fingerprint density at radius 1 is 1.16 bits per heavy atom. The molecule has 1 aromatic rings.